The average Bonchev–Trinajstić information content (AvgIpc) is 2.80. The normalized spacial score (nSPS) is 19.1. The van der Waals surface area contributed by atoms with Crippen molar-refractivity contribution in [2.24, 2.45) is 0 Å². The van der Waals surface area contributed by atoms with E-state index in [2.05, 4.69) is 48.3 Å². The monoisotopic (exact) mass is 428 g/mol. The molecule has 4 heteroatoms. The van der Waals surface area contributed by atoms with Gasteiger partial charge in [-0.15, -0.1) is 0 Å². The molecule has 0 aliphatic carbocycles. The summed E-state index contributed by atoms with van der Waals surface area (Å²) in [5.41, 5.74) is 4.39. The summed E-state index contributed by atoms with van der Waals surface area (Å²) in [6, 6.07) is 28.5. The Morgan fingerprint density at radius 2 is 1.34 bits per heavy atom. The van der Waals surface area contributed by atoms with Crippen LogP contribution in [0.25, 0.3) is 0 Å². The molecule has 1 fully saturated rings. The number of morpholine rings is 1. The maximum atomic E-state index is 13.2. The molecule has 3 aromatic rings. The van der Waals surface area contributed by atoms with Crippen molar-refractivity contribution in [2.45, 2.75) is 45.1 Å². The molecule has 1 aliphatic rings. The zero-order valence-electron chi connectivity index (χ0n) is 18.9. The minimum atomic E-state index is -0.318. The van der Waals surface area contributed by atoms with Crippen molar-refractivity contribution < 1.29 is 9.53 Å². The van der Waals surface area contributed by atoms with E-state index in [4.69, 9.17) is 4.74 Å². The van der Waals surface area contributed by atoms with E-state index < -0.39 is 0 Å². The van der Waals surface area contributed by atoms with Crippen molar-refractivity contribution in [3.05, 3.63) is 107 Å². The molecule has 1 amide bonds. The van der Waals surface area contributed by atoms with E-state index in [9.17, 15) is 4.79 Å². The molecule has 1 saturated heterocycles. The number of nitrogens with zero attached hydrogens (tertiary/aromatic N) is 1. The summed E-state index contributed by atoms with van der Waals surface area (Å²) in [4.78, 5) is 15.6. The van der Waals surface area contributed by atoms with Gasteiger partial charge >= 0.3 is 0 Å². The lowest BCUT2D eigenvalue weighted by Gasteiger charge is -2.35. The zero-order chi connectivity index (χ0) is 22.3. The highest BCUT2D eigenvalue weighted by atomic mass is 16.5. The maximum Gasteiger partial charge on any atom is 0.232 e. The van der Waals surface area contributed by atoms with Gasteiger partial charge in [-0.25, -0.2) is 0 Å². The van der Waals surface area contributed by atoms with E-state index in [1.54, 1.807) is 0 Å². The summed E-state index contributed by atoms with van der Waals surface area (Å²) in [5, 5.41) is 3.14. The number of carbonyl (C=O) groups is 1. The second-order valence-electron chi connectivity index (χ2n) is 8.74. The van der Waals surface area contributed by atoms with Crippen LogP contribution in [0.3, 0.4) is 0 Å². The molecule has 32 heavy (non-hydrogen) atoms. The number of amides is 1. The van der Waals surface area contributed by atoms with Crippen LogP contribution in [0.15, 0.2) is 84.9 Å². The Morgan fingerprint density at radius 3 is 1.88 bits per heavy atom. The minimum Gasteiger partial charge on any atom is -0.373 e. The number of ether oxygens (including phenoxy) is 1. The highest BCUT2D eigenvalue weighted by Crippen LogP contribution is 2.25. The van der Waals surface area contributed by atoms with Gasteiger partial charge in [-0.3, -0.25) is 9.69 Å². The third kappa shape index (κ3) is 5.84. The SMILES string of the molecule is CC1CN(Cc2ccc(CNC(=O)C(c3ccccc3)c3ccccc3)cc2)CC(C)O1. The van der Waals surface area contributed by atoms with Crippen molar-refractivity contribution in [2.75, 3.05) is 13.1 Å². The Labute approximate surface area is 191 Å². The number of hydrogen-bond donors (Lipinski definition) is 1. The Hall–Kier alpha value is -2.95. The molecular weight excluding hydrogens is 396 g/mol. The van der Waals surface area contributed by atoms with E-state index in [-0.39, 0.29) is 24.0 Å². The van der Waals surface area contributed by atoms with Gasteiger partial charge in [-0.2, -0.15) is 0 Å². The lowest BCUT2D eigenvalue weighted by atomic mass is 9.90. The molecule has 166 valence electrons. The second-order valence-corrected chi connectivity index (χ2v) is 8.74. The lowest BCUT2D eigenvalue weighted by molar-refractivity contribution is -0.121. The van der Waals surface area contributed by atoms with Crippen molar-refractivity contribution in [1.29, 1.82) is 0 Å². The average molecular weight is 429 g/mol. The second kappa shape index (κ2) is 10.6. The third-order valence-corrected chi connectivity index (χ3v) is 5.92. The predicted octanol–water partition coefficient (Wildman–Crippen LogP) is 4.74. The van der Waals surface area contributed by atoms with Gasteiger partial charge in [0.2, 0.25) is 5.91 Å². The molecule has 0 spiro atoms. The molecule has 0 radical (unpaired) electrons. The first-order valence-electron chi connectivity index (χ1n) is 11.4. The molecule has 4 nitrogen and oxygen atoms in total. The fourth-order valence-electron chi connectivity index (χ4n) is 4.51. The highest BCUT2D eigenvalue weighted by Gasteiger charge is 2.23. The quantitative estimate of drug-likeness (QED) is 0.591. The van der Waals surface area contributed by atoms with Crippen LogP contribution in [0, 0.1) is 0 Å². The molecule has 4 rings (SSSR count). The van der Waals surface area contributed by atoms with Crippen molar-refractivity contribution >= 4 is 5.91 Å². The number of carbonyl (C=O) groups excluding carboxylic acids is 1. The smallest absolute Gasteiger partial charge is 0.232 e. The Kier molecular flexibility index (Phi) is 7.35. The standard InChI is InChI=1S/C28H32N2O2/c1-21-18-30(19-22(2)32-21)20-24-15-13-23(14-16-24)17-29-28(31)27(25-9-5-3-6-10-25)26-11-7-4-8-12-26/h3-16,21-22,27H,17-20H2,1-2H3,(H,29,31). The zero-order valence-corrected chi connectivity index (χ0v) is 18.9. The first kappa shape index (κ1) is 22.3. The molecule has 0 saturated carbocycles. The molecular formula is C28H32N2O2. The molecule has 1 heterocycles. The Morgan fingerprint density at radius 1 is 0.844 bits per heavy atom. The molecule has 0 bridgehead atoms. The van der Waals surface area contributed by atoms with Crippen molar-refractivity contribution in [1.82, 2.24) is 10.2 Å². The van der Waals surface area contributed by atoms with Crippen molar-refractivity contribution in [3.63, 3.8) is 0 Å². The van der Waals surface area contributed by atoms with Crippen LogP contribution in [0.1, 0.15) is 42.0 Å². The van der Waals surface area contributed by atoms with Gasteiger partial charge in [0.15, 0.2) is 0 Å². The number of nitrogens with one attached hydrogen (secondary N) is 1. The first-order valence-corrected chi connectivity index (χ1v) is 11.4. The maximum absolute atomic E-state index is 13.2. The summed E-state index contributed by atoms with van der Waals surface area (Å²) in [7, 11) is 0. The summed E-state index contributed by atoms with van der Waals surface area (Å²) in [6.45, 7) is 7.62. The molecule has 0 aromatic heterocycles. The van der Waals surface area contributed by atoms with E-state index in [1.807, 2.05) is 60.7 Å². The summed E-state index contributed by atoms with van der Waals surface area (Å²) in [6.07, 6.45) is 0.547. The van der Waals surface area contributed by atoms with Crippen LogP contribution in [0.2, 0.25) is 0 Å². The molecule has 3 aromatic carbocycles. The van der Waals surface area contributed by atoms with Crippen LogP contribution in [-0.2, 0) is 22.6 Å². The van der Waals surface area contributed by atoms with E-state index in [1.165, 1.54) is 5.56 Å². The lowest BCUT2D eigenvalue weighted by Crippen LogP contribution is -2.44. The number of hydrogen-bond acceptors (Lipinski definition) is 3. The Bertz CT molecular complexity index is 939. The molecule has 2 unspecified atom stereocenters. The van der Waals surface area contributed by atoms with Crippen LogP contribution in [0.4, 0.5) is 0 Å². The summed E-state index contributed by atoms with van der Waals surface area (Å²) in [5.74, 6) is -0.301. The van der Waals surface area contributed by atoms with Gasteiger partial charge in [0.25, 0.3) is 0 Å². The minimum absolute atomic E-state index is 0.0165. The van der Waals surface area contributed by atoms with Crippen molar-refractivity contribution in [3.8, 4) is 0 Å². The van der Waals surface area contributed by atoms with Crippen LogP contribution in [-0.4, -0.2) is 36.1 Å². The summed E-state index contributed by atoms with van der Waals surface area (Å²) < 4.78 is 5.83. The molecule has 1 N–H and O–H groups in total. The highest BCUT2D eigenvalue weighted by molar-refractivity contribution is 5.87. The van der Waals surface area contributed by atoms with Gasteiger partial charge in [-0.1, -0.05) is 84.9 Å². The fraction of sp³-hybridized carbons (Fsp3) is 0.321. The van der Waals surface area contributed by atoms with Crippen LogP contribution >= 0.6 is 0 Å². The Balaban J connectivity index is 1.38. The van der Waals surface area contributed by atoms with Gasteiger partial charge < -0.3 is 10.1 Å². The number of rotatable bonds is 7. The van der Waals surface area contributed by atoms with Gasteiger partial charge in [0.05, 0.1) is 18.1 Å². The largest absolute Gasteiger partial charge is 0.373 e. The van der Waals surface area contributed by atoms with Gasteiger partial charge in [0, 0.05) is 26.2 Å². The summed E-state index contributed by atoms with van der Waals surface area (Å²) >= 11 is 0. The first-order chi connectivity index (χ1) is 15.6. The van der Waals surface area contributed by atoms with E-state index in [0.717, 1.165) is 36.3 Å². The topological polar surface area (TPSA) is 41.6 Å². The fourth-order valence-corrected chi connectivity index (χ4v) is 4.51. The predicted molar refractivity (Wildman–Crippen MR) is 128 cm³/mol. The van der Waals surface area contributed by atoms with E-state index >= 15 is 0 Å². The molecule has 1 aliphatic heterocycles. The van der Waals surface area contributed by atoms with Gasteiger partial charge in [-0.05, 0) is 36.1 Å². The van der Waals surface area contributed by atoms with Crippen LogP contribution < -0.4 is 5.32 Å². The van der Waals surface area contributed by atoms with Crippen LogP contribution in [0.5, 0.6) is 0 Å². The third-order valence-electron chi connectivity index (χ3n) is 5.92. The molecule has 2 atom stereocenters. The van der Waals surface area contributed by atoms with E-state index in [0.29, 0.717) is 6.54 Å². The number of benzene rings is 3. The van der Waals surface area contributed by atoms with Gasteiger partial charge in [0.1, 0.15) is 0 Å².